The molecule has 0 unspecified atom stereocenters. The molecule has 4 nitrogen and oxygen atoms in total. The monoisotopic (exact) mass is 298 g/mol. The van der Waals surface area contributed by atoms with Crippen molar-refractivity contribution in [2.75, 3.05) is 19.8 Å². The van der Waals surface area contributed by atoms with Gasteiger partial charge in [-0.25, -0.2) is 0 Å². The van der Waals surface area contributed by atoms with Crippen LogP contribution in [0.3, 0.4) is 0 Å². The van der Waals surface area contributed by atoms with Gasteiger partial charge in [-0.1, -0.05) is 24.6 Å². The number of aryl methyl sites for hydroxylation is 1. The van der Waals surface area contributed by atoms with E-state index in [-0.39, 0.29) is 11.5 Å². The summed E-state index contributed by atoms with van der Waals surface area (Å²) in [5.41, 5.74) is 1.03. The number of ether oxygens (including phenoxy) is 1. The van der Waals surface area contributed by atoms with Crippen LogP contribution in [0.2, 0.25) is 0 Å². The lowest BCUT2D eigenvalue weighted by molar-refractivity contribution is 0.118. The van der Waals surface area contributed by atoms with Gasteiger partial charge in [0.25, 0.3) is 10.1 Å². The Labute approximate surface area is 121 Å². The molecule has 1 fully saturated rings. The molecule has 5 heteroatoms. The van der Waals surface area contributed by atoms with Crippen LogP contribution in [0.1, 0.15) is 25.3 Å². The van der Waals surface area contributed by atoms with E-state index < -0.39 is 10.1 Å². The van der Waals surface area contributed by atoms with Crippen LogP contribution >= 0.6 is 0 Å². The fraction of sp³-hybridized carbons (Fsp3) is 0.600. The van der Waals surface area contributed by atoms with Gasteiger partial charge in [-0.3, -0.25) is 4.18 Å². The lowest BCUT2D eigenvalue weighted by atomic mass is 10.2. The highest BCUT2D eigenvalue weighted by molar-refractivity contribution is 7.86. The summed E-state index contributed by atoms with van der Waals surface area (Å²) in [4.78, 5) is 0.225. The molecule has 1 aliphatic rings. The van der Waals surface area contributed by atoms with Crippen molar-refractivity contribution in [2.24, 2.45) is 11.8 Å². The molecule has 1 aliphatic carbocycles. The minimum atomic E-state index is -3.62. The van der Waals surface area contributed by atoms with Gasteiger partial charge in [-0.15, -0.1) is 0 Å². The van der Waals surface area contributed by atoms with Gasteiger partial charge in [0.15, 0.2) is 0 Å². The molecule has 0 saturated heterocycles. The first-order chi connectivity index (χ1) is 9.53. The van der Waals surface area contributed by atoms with Crippen molar-refractivity contribution >= 4 is 10.1 Å². The Morgan fingerprint density at radius 1 is 1.15 bits per heavy atom. The molecule has 1 aromatic rings. The summed E-state index contributed by atoms with van der Waals surface area (Å²) in [5, 5.41) is 0. The molecule has 2 rings (SSSR count). The molecule has 112 valence electrons. The van der Waals surface area contributed by atoms with Gasteiger partial charge >= 0.3 is 0 Å². The quantitative estimate of drug-likeness (QED) is 0.547. The lowest BCUT2D eigenvalue weighted by Gasteiger charge is -2.06. The van der Waals surface area contributed by atoms with E-state index in [1.165, 1.54) is 0 Å². The van der Waals surface area contributed by atoms with Crippen molar-refractivity contribution in [3.63, 3.8) is 0 Å². The molecular formula is C15H22O4S. The van der Waals surface area contributed by atoms with Crippen LogP contribution in [0.15, 0.2) is 29.2 Å². The maximum atomic E-state index is 12.0. The first-order valence-electron chi connectivity index (χ1n) is 7.06. The van der Waals surface area contributed by atoms with E-state index in [2.05, 4.69) is 6.92 Å². The minimum absolute atomic E-state index is 0.225. The summed E-state index contributed by atoms with van der Waals surface area (Å²) in [6.45, 7) is 5.73. The first kappa shape index (κ1) is 15.5. The van der Waals surface area contributed by atoms with Crippen LogP contribution in [-0.4, -0.2) is 28.2 Å². The second-order valence-electron chi connectivity index (χ2n) is 5.38. The molecule has 0 aromatic heterocycles. The third-order valence-electron chi connectivity index (χ3n) is 3.50. The molecule has 0 heterocycles. The highest BCUT2D eigenvalue weighted by atomic mass is 32.2. The average molecular weight is 298 g/mol. The fourth-order valence-electron chi connectivity index (χ4n) is 2.05. The Bertz CT molecular complexity index is 521. The van der Waals surface area contributed by atoms with Crippen LogP contribution in [-0.2, 0) is 19.0 Å². The number of hydrogen-bond donors (Lipinski definition) is 0. The van der Waals surface area contributed by atoms with Crippen LogP contribution in [0, 0.1) is 18.8 Å². The zero-order valence-corrected chi connectivity index (χ0v) is 12.9. The van der Waals surface area contributed by atoms with Gasteiger partial charge in [-0.2, -0.15) is 8.42 Å². The summed E-state index contributed by atoms with van der Waals surface area (Å²) in [5.74, 6) is 0.766. The zero-order valence-electron chi connectivity index (χ0n) is 12.0. The summed E-state index contributed by atoms with van der Waals surface area (Å²) >= 11 is 0. The smallest absolute Gasteiger partial charge is 0.296 e. The summed E-state index contributed by atoms with van der Waals surface area (Å²) in [7, 11) is -3.62. The standard InChI is InChI=1S/C15H22O4S/c1-3-8-18-10-13-9-14(13)11-19-20(16,17)15-6-4-12(2)5-7-15/h4-7,13-14H,3,8-11H2,1-2H3/t13-,14-/m0/s1. The summed E-state index contributed by atoms with van der Waals surface area (Å²) < 4.78 is 34.6. The Morgan fingerprint density at radius 2 is 1.80 bits per heavy atom. The van der Waals surface area contributed by atoms with Gasteiger partial charge in [0, 0.05) is 13.2 Å². The minimum Gasteiger partial charge on any atom is -0.381 e. The lowest BCUT2D eigenvalue weighted by Crippen LogP contribution is -2.10. The maximum Gasteiger partial charge on any atom is 0.296 e. The molecule has 2 atom stereocenters. The first-order valence-corrected chi connectivity index (χ1v) is 8.47. The van der Waals surface area contributed by atoms with Crippen LogP contribution < -0.4 is 0 Å². The molecule has 0 N–H and O–H groups in total. The SMILES string of the molecule is CCCOC[C@@H]1C[C@H]1COS(=O)(=O)c1ccc(C)cc1. The highest BCUT2D eigenvalue weighted by Gasteiger charge is 2.38. The molecule has 0 amide bonds. The number of benzene rings is 1. The van der Waals surface area contributed by atoms with E-state index in [1.807, 2.05) is 6.92 Å². The molecule has 0 aliphatic heterocycles. The summed E-state index contributed by atoms with van der Waals surface area (Å²) in [6, 6.07) is 6.71. The van der Waals surface area contributed by atoms with E-state index in [9.17, 15) is 8.42 Å². The fourth-order valence-corrected chi connectivity index (χ4v) is 3.01. The van der Waals surface area contributed by atoms with Crippen molar-refractivity contribution in [1.82, 2.24) is 0 Å². The predicted octanol–water partition coefficient (Wildman–Crippen LogP) is 2.76. The van der Waals surface area contributed by atoms with Gasteiger partial charge in [0.05, 0.1) is 11.5 Å². The van der Waals surface area contributed by atoms with Crippen molar-refractivity contribution < 1.29 is 17.3 Å². The van der Waals surface area contributed by atoms with E-state index in [4.69, 9.17) is 8.92 Å². The summed E-state index contributed by atoms with van der Waals surface area (Å²) in [6.07, 6.45) is 2.00. The average Bonchev–Trinajstić information content (AvgIpc) is 3.16. The molecule has 0 bridgehead atoms. The second kappa shape index (κ2) is 6.70. The van der Waals surface area contributed by atoms with Crippen LogP contribution in [0.5, 0.6) is 0 Å². The molecule has 20 heavy (non-hydrogen) atoms. The van der Waals surface area contributed by atoms with Gasteiger partial charge in [0.2, 0.25) is 0 Å². The molecule has 0 radical (unpaired) electrons. The largest absolute Gasteiger partial charge is 0.381 e. The predicted molar refractivity (Wildman–Crippen MR) is 77.0 cm³/mol. The van der Waals surface area contributed by atoms with Crippen molar-refractivity contribution in [1.29, 1.82) is 0 Å². The Morgan fingerprint density at radius 3 is 2.45 bits per heavy atom. The third kappa shape index (κ3) is 4.30. The van der Waals surface area contributed by atoms with E-state index >= 15 is 0 Å². The van der Waals surface area contributed by atoms with E-state index in [1.54, 1.807) is 24.3 Å². The van der Waals surface area contributed by atoms with Crippen molar-refractivity contribution in [2.45, 2.75) is 31.6 Å². The Balaban J connectivity index is 1.78. The van der Waals surface area contributed by atoms with Gasteiger partial charge < -0.3 is 4.74 Å². The molecular weight excluding hydrogens is 276 g/mol. The topological polar surface area (TPSA) is 52.6 Å². The van der Waals surface area contributed by atoms with Crippen LogP contribution in [0.25, 0.3) is 0 Å². The van der Waals surface area contributed by atoms with Gasteiger partial charge in [-0.05, 0) is 43.7 Å². The molecule has 0 spiro atoms. The van der Waals surface area contributed by atoms with Gasteiger partial charge in [0.1, 0.15) is 0 Å². The van der Waals surface area contributed by atoms with Crippen molar-refractivity contribution in [3.05, 3.63) is 29.8 Å². The van der Waals surface area contributed by atoms with Crippen LogP contribution in [0.4, 0.5) is 0 Å². The second-order valence-corrected chi connectivity index (χ2v) is 7.00. The Kier molecular flexibility index (Phi) is 5.18. The maximum absolute atomic E-state index is 12.0. The Hall–Kier alpha value is -0.910. The van der Waals surface area contributed by atoms with E-state index in [0.717, 1.165) is 25.0 Å². The molecule has 1 aromatic carbocycles. The highest BCUT2D eigenvalue weighted by Crippen LogP contribution is 2.39. The molecule has 1 saturated carbocycles. The van der Waals surface area contributed by atoms with Crippen molar-refractivity contribution in [3.8, 4) is 0 Å². The van der Waals surface area contributed by atoms with E-state index in [0.29, 0.717) is 18.4 Å². The normalized spacial score (nSPS) is 21.9. The zero-order chi connectivity index (χ0) is 14.6. The number of hydrogen-bond acceptors (Lipinski definition) is 4. The number of rotatable bonds is 8. The third-order valence-corrected chi connectivity index (χ3v) is 4.79.